The number of hydrogen-bond acceptors (Lipinski definition) is 3. The topological polar surface area (TPSA) is 55.4 Å². The van der Waals surface area contributed by atoms with Gasteiger partial charge in [0.1, 0.15) is 0 Å². The highest BCUT2D eigenvalue weighted by atomic mass is 35.5. The summed E-state index contributed by atoms with van der Waals surface area (Å²) < 4.78 is 96.0. The zero-order chi connectivity index (χ0) is 16.5. The molecule has 0 spiro atoms. The Kier molecular flexibility index (Phi) is 5.13. The van der Waals surface area contributed by atoms with Crippen molar-refractivity contribution in [3.05, 3.63) is 28.8 Å². The Morgan fingerprint density at radius 1 is 1.14 bits per heavy atom. The predicted octanol–water partition coefficient (Wildman–Crippen LogP) is 3.13. The van der Waals surface area contributed by atoms with E-state index >= 15 is 0 Å². The van der Waals surface area contributed by atoms with Crippen molar-refractivity contribution < 1.29 is 39.6 Å². The number of alkyl halides is 6. The summed E-state index contributed by atoms with van der Waals surface area (Å²) in [5.74, 6) is 0. The van der Waals surface area contributed by atoms with Crippen molar-refractivity contribution in [3.63, 3.8) is 0 Å². The molecule has 1 aromatic rings. The zero-order valence-corrected chi connectivity index (χ0v) is 11.3. The molecule has 0 atom stereocenters. The first kappa shape index (κ1) is 18.0. The number of sulfonamides is 1. The van der Waals surface area contributed by atoms with Crippen LogP contribution in [-0.4, -0.2) is 21.2 Å². The van der Waals surface area contributed by atoms with Gasteiger partial charge in [0.25, 0.3) is 10.0 Å². The molecule has 0 saturated heterocycles. The van der Waals surface area contributed by atoms with E-state index in [1.165, 1.54) is 0 Å². The van der Waals surface area contributed by atoms with Crippen LogP contribution >= 0.6 is 11.6 Å². The Hall–Kier alpha value is -1.04. The van der Waals surface area contributed by atoms with Gasteiger partial charge in [-0.25, -0.2) is 8.42 Å². The van der Waals surface area contributed by atoms with E-state index in [-0.39, 0.29) is 6.07 Å². The number of benzene rings is 1. The Balaban J connectivity index is 2.99. The van der Waals surface area contributed by atoms with Gasteiger partial charge < -0.3 is 0 Å². The SMILES string of the molecule is O=S(=O)(NOCC(F)(F)F)c1ccc(Cl)c(C(F)(F)F)c1. The minimum atomic E-state index is -4.92. The quantitative estimate of drug-likeness (QED) is 0.665. The van der Waals surface area contributed by atoms with Crippen LogP contribution in [0, 0.1) is 0 Å². The molecule has 1 N–H and O–H groups in total. The van der Waals surface area contributed by atoms with Crippen LogP contribution < -0.4 is 4.89 Å². The van der Waals surface area contributed by atoms with Gasteiger partial charge >= 0.3 is 12.4 Å². The molecule has 0 heterocycles. The van der Waals surface area contributed by atoms with Crippen LogP contribution in [0.3, 0.4) is 0 Å². The monoisotopic (exact) mass is 357 g/mol. The highest BCUT2D eigenvalue weighted by molar-refractivity contribution is 7.89. The van der Waals surface area contributed by atoms with Crippen molar-refractivity contribution >= 4 is 21.6 Å². The van der Waals surface area contributed by atoms with Gasteiger partial charge in [0.2, 0.25) is 0 Å². The van der Waals surface area contributed by atoms with Crippen LogP contribution in [0.15, 0.2) is 23.1 Å². The molecular formula is C9H6ClF6NO3S. The number of rotatable bonds is 4. The minimum Gasteiger partial charge on any atom is -0.277 e. The normalized spacial score (nSPS) is 13.5. The van der Waals surface area contributed by atoms with Crippen molar-refractivity contribution in [2.45, 2.75) is 17.2 Å². The molecule has 1 rings (SSSR count). The molecule has 120 valence electrons. The summed E-state index contributed by atoms with van der Waals surface area (Å²) in [6, 6.07) is 1.53. The fourth-order valence-corrected chi connectivity index (χ4v) is 2.18. The molecule has 0 aliphatic rings. The average Bonchev–Trinajstić information content (AvgIpc) is 2.25. The van der Waals surface area contributed by atoms with Crippen LogP contribution in [0.2, 0.25) is 5.02 Å². The van der Waals surface area contributed by atoms with E-state index in [1.807, 2.05) is 0 Å². The molecular weight excluding hydrogens is 352 g/mol. The third-order valence-electron chi connectivity index (χ3n) is 1.96. The Labute approximate surface area is 119 Å². The fraction of sp³-hybridized carbons (Fsp3) is 0.333. The van der Waals surface area contributed by atoms with Crippen LogP contribution in [0.25, 0.3) is 0 Å². The van der Waals surface area contributed by atoms with Gasteiger partial charge in [-0.3, -0.25) is 4.84 Å². The highest BCUT2D eigenvalue weighted by Crippen LogP contribution is 2.35. The molecule has 0 radical (unpaired) electrons. The van der Waals surface area contributed by atoms with Crippen LogP contribution in [0.4, 0.5) is 26.3 Å². The summed E-state index contributed by atoms with van der Waals surface area (Å²) in [5.41, 5.74) is -1.44. The fourth-order valence-electron chi connectivity index (χ4n) is 1.13. The third-order valence-corrected chi connectivity index (χ3v) is 3.50. The van der Waals surface area contributed by atoms with Gasteiger partial charge in [-0.2, -0.15) is 26.3 Å². The maximum atomic E-state index is 12.5. The number of halogens is 7. The van der Waals surface area contributed by atoms with Crippen molar-refractivity contribution in [1.82, 2.24) is 4.89 Å². The minimum absolute atomic E-state index is 0.182. The zero-order valence-electron chi connectivity index (χ0n) is 9.72. The smallest absolute Gasteiger partial charge is 0.277 e. The second-order valence-electron chi connectivity index (χ2n) is 3.63. The third kappa shape index (κ3) is 5.34. The van der Waals surface area contributed by atoms with E-state index in [9.17, 15) is 34.8 Å². The first-order valence-electron chi connectivity index (χ1n) is 4.90. The first-order valence-corrected chi connectivity index (χ1v) is 6.76. The molecule has 0 amide bonds. The maximum absolute atomic E-state index is 12.5. The summed E-state index contributed by atoms with van der Waals surface area (Å²) in [7, 11) is -4.71. The summed E-state index contributed by atoms with van der Waals surface area (Å²) in [4.78, 5) is 3.82. The summed E-state index contributed by atoms with van der Waals surface area (Å²) >= 11 is 5.28. The van der Waals surface area contributed by atoms with Gasteiger partial charge in [-0.1, -0.05) is 16.5 Å². The molecule has 0 aromatic heterocycles. The lowest BCUT2D eigenvalue weighted by Gasteiger charge is -2.12. The summed E-state index contributed by atoms with van der Waals surface area (Å²) in [6.45, 7) is -1.94. The summed E-state index contributed by atoms with van der Waals surface area (Å²) in [5, 5.41) is -0.752. The lowest BCUT2D eigenvalue weighted by Crippen LogP contribution is -2.29. The van der Waals surface area contributed by atoms with E-state index in [2.05, 4.69) is 4.84 Å². The molecule has 12 heteroatoms. The van der Waals surface area contributed by atoms with Crippen molar-refractivity contribution in [1.29, 1.82) is 0 Å². The first-order chi connectivity index (χ1) is 9.33. The molecule has 21 heavy (non-hydrogen) atoms. The largest absolute Gasteiger partial charge is 0.417 e. The Morgan fingerprint density at radius 2 is 1.71 bits per heavy atom. The van der Waals surface area contributed by atoms with E-state index < -0.39 is 44.5 Å². The summed E-state index contributed by atoms with van der Waals surface area (Å²) in [6.07, 6.45) is -9.73. The lowest BCUT2D eigenvalue weighted by atomic mass is 10.2. The second-order valence-corrected chi connectivity index (χ2v) is 5.68. The molecule has 0 aliphatic heterocycles. The van der Waals surface area contributed by atoms with Gasteiger partial charge in [-0.15, -0.1) is 0 Å². The van der Waals surface area contributed by atoms with Crippen LogP contribution in [-0.2, 0) is 21.0 Å². The second kappa shape index (κ2) is 5.99. The molecule has 1 aromatic carbocycles. The molecule has 0 aliphatic carbocycles. The average molecular weight is 358 g/mol. The van der Waals surface area contributed by atoms with E-state index in [0.717, 1.165) is 4.89 Å². The lowest BCUT2D eigenvalue weighted by molar-refractivity contribution is -0.181. The van der Waals surface area contributed by atoms with Crippen molar-refractivity contribution in [2.75, 3.05) is 6.61 Å². The molecule has 4 nitrogen and oxygen atoms in total. The molecule has 0 saturated carbocycles. The van der Waals surface area contributed by atoms with Gasteiger partial charge in [-0.05, 0) is 18.2 Å². The Morgan fingerprint density at radius 3 is 2.19 bits per heavy atom. The van der Waals surface area contributed by atoms with Gasteiger partial charge in [0.05, 0.1) is 15.5 Å². The molecule has 0 bridgehead atoms. The van der Waals surface area contributed by atoms with E-state index in [1.54, 1.807) is 0 Å². The van der Waals surface area contributed by atoms with Crippen LogP contribution in [0.1, 0.15) is 5.56 Å². The number of hydrogen-bond donors (Lipinski definition) is 1. The van der Waals surface area contributed by atoms with E-state index in [0.29, 0.717) is 12.1 Å². The van der Waals surface area contributed by atoms with Crippen molar-refractivity contribution in [2.24, 2.45) is 0 Å². The Bertz CT molecular complexity index is 613. The molecule has 0 fully saturated rings. The standard InChI is InChI=1S/C9H6ClF6NO3S/c10-7-2-1-5(3-6(7)9(14,15)16)21(18,19)17-20-4-8(11,12)13/h1-3,17H,4H2. The number of nitrogens with one attached hydrogen (secondary N) is 1. The van der Waals surface area contributed by atoms with Crippen molar-refractivity contribution in [3.8, 4) is 0 Å². The van der Waals surface area contributed by atoms with E-state index in [4.69, 9.17) is 11.6 Å². The van der Waals surface area contributed by atoms with Gasteiger partial charge in [0.15, 0.2) is 6.61 Å². The highest BCUT2D eigenvalue weighted by Gasteiger charge is 2.35. The van der Waals surface area contributed by atoms with Gasteiger partial charge in [0, 0.05) is 0 Å². The molecule has 0 unspecified atom stereocenters. The van der Waals surface area contributed by atoms with Crippen LogP contribution in [0.5, 0.6) is 0 Å². The maximum Gasteiger partial charge on any atom is 0.417 e. The predicted molar refractivity (Wildman–Crippen MR) is 58.8 cm³/mol.